The molecule has 3 N–H and O–H groups in total. The molecule has 1 aliphatic rings. The number of carboxylic acid groups (broad SMARTS) is 1. The van der Waals surface area contributed by atoms with E-state index in [4.69, 9.17) is 10.8 Å². The maximum Gasteiger partial charge on any atom is 0.320 e. The summed E-state index contributed by atoms with van der Waals surface area (Å²) >= 11 is 0. The van der Waals surface area contributed by atoms with Crippen LogP contribution in [-0.4, -0.2) is 41.1 Å². The van der Waals surface area contributed by atoms with Crippen LogP contribution in [0.3, 0.4) is 0 Å². The number of carbonyl (C=O) groups is 1. The molecule has 0 aromatic carbocycles. The lowest BCUT2D eigenvalue weighted by Gasteiger charge is -2.20. The monoisotopic (exact) mass is 186 g/mol. The van der Waals surface area contributed by atoms with Gasteiger partial charge >= 0.3 is 5.97 Å². The van der Waals surface area contributed by atoms with Gasteiger partial charge < -0.3 is 10.8 Å². The number of aliphatic carboxylic acids is 1. The zero-order valence-corrected chi connectivity index (χ0v) is 8.07. The lowest BCUT2D eigenvalue weighted by Crippen LogP contribution is -2.36. The molecular formula is C9H18N2O2. The Morgan fingerprint density at radius 2 is 2.38 bits per heavy atom. The number of carboxylic acids is 1. The highest BCUT2D eigenvalue weighted by atomic mass is 16.4. The summed E-state index contributed by atoms with van der Waals surface area (Å²) in [7, 11) is 0. The number of likely N-dealkylation sites (tertiary alicyclic amines) is 1. The number of rotatable bonds is 4. The van der Waals surface area contributed by atoms with Crippen LogP contribution in [0.2, 0.25) is 0 Å². The lowest BCUT2D eigenvalue weighted by molar-refractivity contribution is -0.142. The fourth-order valence-electron chi connectivity index (χ4n) is 1.80. The highest BCUT2D eigenvalue weighted by Gasteiger charge is 2.34. The minimum absolute atomic E-state index is 0.0398. The van der Waals surface area contributed by atoms with Crippen LogP contribution >= 0.6 is 0 Å². The summed E-state index contributed by atoms with van der Waals surface area (Å²) in [6.07, 6.45) is 2.74. The molecule has 0 amide bonds. The first kappa shape index (κ1) is 10.5. The Labute approximate surface area is 78.7 Å². The topological polar surface area (TPSA) is 66.6 Å². The molecule has 1 heterocycles. The van der Waals surface area contributed by atoms with Gasteiger partial charge in [0.15, 0.2) is 0 Å². The van der Waals surface area contributed by atoms with Crippen LogP contribution in [0.1, 0.15) is 26.2 Å². The quantitative estimate of drug-likeness (QED) is 0.661. The van der Waals surface area contributed by atoms with E-state index in [1.165, 1.54) is 0 Å². The van der Waals surface area contributed by atoms with Gasteiger partial charge in [0.1, 0.15) is 6.04 Å². The van der Waals surface area contributed by atoms with Crippen molar-refractivity contribution in [2.24, 2.45) is 5.73 Å². The summed E-state index contributed by atoms with van der Waals surface area (Å²) in [6.45, 7) is 3.70. The second-order valence-electron chi connectivity index (χ2n) is 3.70. The van der Waals surface area contributed by atoms with Crippen molar-refractivity contribution in [1.29, 1.82) is 0 Å². The van der Waals surface area contributed by atoms with Gasteiger partial charge in [0.05, 0.1) is 0 Å². The molecule has 0 radical (unpaired) electrons. The average molecular weight is 186 g/mol. The van der Waals surface area contributed by atoms with E-state index in [1.807, 2.05) is 4.90 Å². The van der Waals surface area contributed by atoms with E-state index in [1.54, 1.807) is 0 Å². The molecule has 0 spiro atoms. The van der Waals surface area contributed by atoms with Crippen molar-refractivity contribution in [1.82, 2.24) is 4.90 Å². The van der Waals surface area contributed by atoms with Gasteiger partial charge in [-0.15, -0.1) is 0 Å². The molecule has 4 nitrogen and oxygen atoms in total. The van der Waals surface area contributed by atoms with E-state index in [0.717, 1.165) is 25.9 Å². The Kier molecular flexibility index (Phi) is 3.69. The van der Waals surface area contributed by atoms with Gasteiger partial charge in [-0.05, 0) is 19.4 Å². The molecule has 2 atom stereocenters. The van der Waals surface area contributed by atoms with Crippen LogP contribution in [0.5, 0.6) is 0 Å². The fraction of sp³-hybridized carbons (Fsp3) is 0.889. The molecule has 1 saturated heterocycles. The Bertz CT molecular complexity index is 184. The third-order valence-corrected chi connectivity index (χ3v) is 2.52. The van der Waals surface area contributed by atoms with Crippen molar-refractivity contribution in [2.75, 3.05) is 13.1 Å². The first-order valence-corrected chi connectivity index (χ1v) is 4.87. The summed E-state index contributed by atoms with van der Waals surface area (Å²) in [5, 5.41) is 8.90. The van der Waals surface area contributed by atoms with Crippen molar-refractivity contribution in [2.45, 2.75) is 38.3 Å². The van der Waals surface area contributed by atoms with Gasteiger partial charge in [0.2, 0.25) is 0 Å². The summed E-state index contributed by atoms with van der Waals surface area (Å²) in [6, 6.07) is -0.306. The van der Waals surface area contributed by atoms with E-state index in [0.29, 0.717) is 6.42 Å². The van der Waals surface area contributed by atoms with E-state index in [9.17, 15) is 4.79 Å². The minimum Gasteiger partial charge on any atom is -0.480 e. The van der Waals surface area contributed by atoms with Gasteiger partial charge in [-0.3, -0.25) is 9.69 Å². The van der Waals surface area contributed by atoms with Crippen molar-refractivity contribution < 1.29 is 9.90 Å². The zero-order chi connectivity index (χ0) is 9.84. The van der Waals surface area contributed by atoms with Gasteiger partial charge in [0.25, 0.3) is 0 Å². The zero-order valence-electron chi connectivity index (χ0n) is 8.07. The average Bonchev–Trinajstić information content (AvgIpc) is 2.43. The molecule has 1 rings (SSSR count). The van der Waals surface area contributed by atoms with E-state index >= 15 is 0 Å². The third-order valence-electron chi connectivity index (χ3n) is 2.52. The number of hydrogen-bond acceptors (Lipinski definition) is 3. The van der Waals surface area contributed by atoms with Crippen LogP contribution in [0.15, 0.2) is 0 Å². The molecule has 1 fully saturated rings. The van der Waals surface area contributed by atoms with E-state index < -0.39 is 5.97 Å². The van der Waals surface area contributed by atoms with Gasteiger partial charge in [-0.2, -0.15) is 0 Å². The van der Waals surface area contributed by atoms with Crippen molar-refractivity contribution in [3.8, 4) is 0 Å². The summed E-state index contributed by atoms with van der Waals surface area (Å²) < 4.78 is 0. The van der Waals surface area contributed by atoms with E-state index in [-0.39, 0.29) is 12.1 Å². The molecule has 1 aliphatic heterocycles. The molecule has 0 bridgehead atoms. The molecule has 0 saturated carbocycles. The van der Waals surface area contributed by atoms with Crippen LogP contribution < -0.4 is 5.73 Å². The lowest BCUT2D eigenvalue weighted by atomic mass is 10.2. The predicted molar refractivity (Wildman–Crippen MR) is 50.5 cm³/mol. The Morgan fingerprint density at radius 3 is 2.92 bits per heavy atom. The third kappa shape index (κ3) is 2.67. The molecule has 0 aromatic heterocycles. The van der Waals surface area contributed by atoms with Gasteiger partial charge in [-0.1, -0.05) is 13.3 Å². The standard InChI is InChI=1S/C9H18N2O2/c1-2-3-4-11-6-7(10)5-8(11)9(12)13/h7-8H,2-6,10H2,1H3,(H,12,13). The maximum absolute atomic E-state index is 10.8. The molecule has 4 heteroatoms. The second-order valence-corrected chi connectivity index (χ2v) is 3.70. The number of nitrogens with zero attached hydrogens (tertiary/aromatic N) is 1. The number of nitrogens with two attached hydrogens (primary N) is 1. The first-order valence-electron chi connectivity index (χ1n) is 4.87. The SMILES string of the molecule is CCCCN1CC(N)CC1C(=O)O. The predicted octanol–water partition coefficient (Wildman–Crippen LogP) is 0.273. The van der Waals surface area contributed by atoms with Crippen LogP contribution in [0.4, 0.5) is 0 Å². The molecule has 2 unspecified atom stereocenters. The van der Waals surface area contributed by atoms with Crippen LogP contribution in [0, 0.1) is 0 Å². The van der Waals surface area contributed by atoms with Crippen LogP contribution in [-0.2, 0) is 4.79 Å². The van der Waals surface area contributed by atoms with Gasteiger partial charge in [-0.25, -0.2) is 0 Å². The minimum atomic E-state index is -0.732. The second kappa shape index (κ2) is 4.58. The molecule has 0 aromatic rings. The van der Waals surface area contributed by atoms with Crippen LogP contribution in [0.25, 0.3) is 0 Å². The molecule has 13 heavy (non-hydrogen) atoms. The maximum atomic E-state index is 10.8. The molecule has 76 valence electrons. The molecular weight excluding hydrogens is 168 g/mol. The normalized spacial score (nSPS) is 29.4. The fourth-order valence-corrected chi connectivity index (χ4v) is 1.80. The Balaban J connectivity index is 2.45. The summed E-state index contributed by atoms with van der Waals surface area (Å²) in [5.41, 5.74) is 5.72. The van der Waals surface area contributed by atoms with Crippen molar-refractivity contribution >= 4 is 5.97 Å². The highest BCUT2D eigenvalue weighted by molar-refractivity contribution is 5.74. The Morgan fingerprint density at radius 1 is 1.69 bits per heavy atom. The Hall–Kier alpha value is -0.610. The van der Waals surface area contributed by atoms with E-state index in [2.05, 4.69) is 6.92 Å². The molecule has 0 aliphatic carbocycles. The summed E-state index contributed by atoms with van der Waals surface area (Å²) in [4.78, 5) is 12.8. The largest absolute Gasteiger partial charge is 0.480 e. The first-order chi connectivity index (χ1) is 6.15. The van der Waals surface area contributed by atoms with Crippen molar-refractivity contribution in [3.63, 3.8) is 0 Å². The highest BCUT2D eigenvalue weighted by Crippen LogP contribution is 2.17. The summed E-state index contributed by atoms with van der Waals surface area (Å²) in [5.74, 6) is -0.732. The number of hydrogen-bond donors (Lipinski definition) is 2. The smallest absolute Gasteiger partial charge is 0.320 e. The van der Waals surface area contributed by atoms with Gasteiger partial charge in [0, 0.05) is 12.6 Å². The number of unbranched alkanes of at least 4 members (excludes halogenated alkanes) is 1. The van der Waals surface area contributed by atoms with Crippen molar-refractivity contribution in [3.05, 3.63) is 0 Å².